The van der Waals surface area contributed by atoms with E-state index in [-0.39, 0.29) is 23.4 Å². The molecule has 0 aliphatic heterocycles. The van der Waals surface area contributed by atoms with Gasteiger partial charge in [-0.3, -0.25) is 9.59 Å². The van der Waals surface area contributed by atoms with Gasteiger partial charge in [0.1, 0.15) is 0 Å². The number of benzene rings is 1. The fourth-order valence-electron chi connectivity index (χ4n) is 3.35. The summed E-state index contributed by atoms with van der Waals surface area (Å²) >= 11 is 0. The van der Waals surface area contributed by atoms with Crippen LogP contribution in [0.25, 0.3) is 0 Å². The molecule has 0 radical (unpaired) electrons. The van der Waals surface area contributed by atoms with Crippen LogP contribution in [-0.4, -0.2) is 16.5 Å². The number of nitrogens with one attached hydrogen (secondary N) is 1. The Morgan fingerprint density at radius 3 is 2.60 bits per heavy atom. The van der Waals surface area contributed by atoms with E-state index < -0.39 is 0 Å². The van der Waals surface area contributed by atoms with Gasteiger partial charge in [-0.25, -0.2) is 0 Å². The zero-order valence-corrected chi connectivity index (χ0v) is 14.4. The lowest BCUT2D eigenvalue weighted by Crippen LogP contribution is -2.37. The average molecular weight is 339 g/mol. The number of carbonyl (C=O) groups is 1. The minimum Gasteiger partial charge on any atom is -0.352 e. The summed E-state index contributed by atoms with van der Waals surface area (Å²) in [7, 11) is 0. The Balaban J connectivity index is 1.53. The summed E-state index contributed by atoms with van der Waals surface area (Å²) in [5.41, 5.74) is 8.06. The summed E-state index contributed by atoms with van der Waals surface area (Å²) in [6.45, 7) is 1.07. The first-order valence-corrected chi connectivity index (χ1v) is 8.88. The maximum absolute atomic E-state index is 12.3. The summed E-state index contributed by atoms with van der Waals surface area (Å²) in [4.78, 5) is 24.0. The van der Waals surface area contributed by atoms with Crippen molar-refractivity contribution in [3.8, 4) is 0 Å². The summed E-state index contributed by atoms with van der Waals surface area (Å²) in [6, 6.07) is 13.3. The second-order valence-corrected chi connectivity index (χ2v) is 6.82. The quantitative estimate of drug-likeness (QED) is 0.875. The zero-order valence-electron chi connectivity index (χ0n) is 14.4. The molecule has 5 nitrogen and oxygen atoms in total. The van der Waals surface area contributed by atoms with Gasteiger partial charge in [0.15, 0.2) is 0 Å². The zero-order chi connectivity index (χ0) is 17.6. The van der Waals surface area contributed by atoms with Gasteiger partial charge in [-0.15, -0.1) is 0 Å². The molecule has 1 aliphatic carbocycles. The lowest BCUT2D eigenvalue weighted by Gasteiger charge is -2.25. The molecule has 1 aromatic carbocycles. The molecular weight excluding hydrogens is 314 g/mol. The molecule has 0 spiro atoms. The van der Waals surface area contributed by atoms with E-state index in [4.69, 9.17) is 5.73 Å². The van der Waals surface area contributed by atoms with Crippen LogP contribution in [0.15, 0.2) is 53.5 Å². The van der Waals surface area contributed by atoms with Gasteiger partial charge in [-0.1, -0.05) is 36.8 Å². The normalized spacial score (nSPS) is 20.2. The fraction of sp³-hybridized carbons (Fsp3) is 0.400. The van der Waals surface area contributed by atoms with Crippen LogP contribution < -0.4 is 16.6 Å². The SMILES string of the molecule is NC1CCCC(C(=O)NCc2ccc(Cn3ccccc3=O)cc2)C1. The summed E-state index contributed by atoms with van der Waals surface area (Å²) < 4.78 is 1.67. The van der Waals surface area contributed by atoms with E-state index in [0.717, 1.165) is 36.8 Å². The van der Waals surface area contributed by atoms with Gasteiger partial charge in [0.05, 0.1) is 6.54 Å². The maximum Gasteiger partial charge on any atom is 0.250 e. The molecule has 1 saturated carbocycles. The topological polar surface area (TPSA) is 77.1 Å². The molecule has 25 heavy (non-hydrogen) atoms. The predicted octanol–water partition coefficient (Wildman–Crippen LogP) is 2.03. The molecule has 2 aromatic rings. The molecule has 3 rings (SSSR count). The predicted molar refractivity (Wildman–Crippen MR) is 98.0 cm³/mol. The smallest absolute Gasteiger partial charge is 0.250 e. The van der Waals surface area contributed by atoms with Gasteiger partial charge in [0.25, 0.3) is 5.56 Å². The first-order valence-electron chi connectivity index (χ1n) is 8.88. The number of carbonyl (C=O) groups excluding carboxylic acids is 1. The number of nitrogens with two attached hydrogens (primary N) is 1. The van der Waals surface area contributed by atoms with Crippen LogP contribution in [-0.2, 0) is 17.9 Å². The molecule has 1 fully saturated rings. The molecule has 3 N–H and O–H groups in total. The molecule has 2 unspecified atom stereocenters. The number of hydrogen-bond acceptors (Lipinski definition) is 3. The number of nitrogens with zero attached hydrogens (tertiary/aromatic N) is 1. The third-order valence-electron chi connectivity index (χ3n) is 4.83. The highest BCUT2D eigenvalue weighted by Crippen LogP contribution is 2.23. The van der Waals surface area contributed by atoms with Gasteiger partial charge in [0.2, 0.25) is 5.91 Å². The van der Waals surface area contributed by atoms with Crippen LogP contribution in [0.4, 0.5) is 0 Å². The van der Waals surface area contributed by atoms with Crippen LogP contribution in [0.5, 0.6) is 0 Å². The number of aromatic nitrogens is 1. The Kier molecular flexibility index (Phi) is 5.66. The second kappa shape index (κ2) is 8.12. The van der Waals surface area contributed by atoms with Gasteiger partial charge in [0, 0.05) is 30.8 Å². The fourth-order valence-corrected chi connectivity index (χ4v) is 3.35. The maximum atomic E-state index is 12.3. The van der Waals surface area contributed by atoms with Gasteiger partial charge in [-0.2, -0.15) is 0 Å². The van der Waals surface area contributed by atoms with Crippen LogP contribution in [0.2, 0.25) is 0 Å². The van der Waals surface area contributed by atoms with Crippen LogP contribution in [0, 0.1) is 5.92 Å². The molecular formula is C20H25N3O2. The lowest BCUT2D eigenvalue weighted by molar-refractivity contribution is -0.126. The molecule has 1 aromatic heterocycles. The molecule has 1 aliphatic rings. The van der Waals surface area contributed by atoms with Crippen molar-refractivity contribution in [3.63, 3.8) is 0 Å². The highest BCUT2D eigenvalue weighted by Gasteiger charge is 2.24. The molecule has 0 bridgehead atoms. The Morgan fingerprint density at radius 1 is 1.12 bits per heavy atom. The monoisotopic (exact) mass is 339 g/mol. The van der Waals surface area contributed by atoms with E-state index in [1.54, 1.807) is 22.9 Å². The summed E-state index contributed by atoms with van der Waals surface area (Å²) in [5, 5.41) is 3.02. The molecule has 1 amide bonds. The standard InChI is InChI=1S/C20H25N3O2/c21-18-5-3-4-17(12-18)20(25)22-13-15-7-9-16(10-8-15)14-23-11-2-1-6-19(23)24/h1-2,6-11,17-18H,3-5,12-14,21H2,(H,22,25). The first-order chi connectivity index (χ1) is 12.1. The Hall–Kier alpha value is -2.40. The highest BCUT2D eigenvalue weighted by molar-refractivity contribution is 5.78. The van der Waals surface area contributed by atoms with Crippen molar-refractivity contribution in [2.24, 2.45) is 11.7 Å². The van der Waals surface area contributed by atoms with E-state index in [2.05, 4.69) is 5.32 Å². The Bertz CT molecular complexity index is 767. The number of pyridine rings is 1. The van der Waals surface area contributed by atoms with Crippen molar-refractivity contribution in [2.45, 2.75) is 44.8 Å². The number of hydrogen-bond donors (Lipinski definition) is 2. The van der Waals surface area contributed by atoms with Crippen LogP contribution in [0.3, 0.4) is 0 Å². The van der Waals surface area contributed by atoms with Crippen LogP contribution in [0.1, 0.15) is 36.8 Å². The van der Waals surface area contributed by atoms with Crippen LogP contribution >= 0.6 is 0 Å². The van der Waals surface area contributed by atoms with Crippen molar-refractivity contribution in [3.05, 3.63) is 70.1 Å². The van der Waals surface area contributed by atoms with Gasteiger partial charge >= 0.3 is 0 Å². The minimum atomic E-state index is -0.00969. The van der Waals surface area contributed by atoms with Crippen molar-refractivity contribution < 1.29 is 4.79 Å². The van der Waals surface area contributed by atoms with E-state index in [1.807, 2.05) is 30.3 Å². The molecule has 5 heteroatoms. The van der Waals surface area contributed by atoms with Crippen molar-refractivity contribution in [1.29, 1.82) is 0 Å². The first kappa shape index (κ1) is 17.4. The molecule has 132 valence electrons. The molecule has 0 saturated heterocycles. The van der Waals surface area contributed by atoms with Crippen molar-refractivity contribution in [2.75, 3.05) is 0 Å². The Labute approximate surface area is 147 Å². The van der Waals surface area contributed by atoms with Crippen molar-refractivity contribution in [1.82, 2.24) is 9.88 Å². The van der Waals surface area contributed by atoms with E-state index >= 15 is 0 Å². The minimum absolute atomic E-state index is 0.00969. The number of amides is 1. The average Bonchev–Trinajstić information content (AvgIpc) is 2.63. The summed E-state index contributed by atoms with van der Waals surface area (Å²) in [5.74, 6) is 0.156. The van der Waals surface area contributed by atoms with E-state index in [1.165, 1.54) is 0 Å². The third kappa shape index (κ3) is 4.79. The largest absolute Gasteiger partial charge is 0.352 e. The lowest BCUT2D eigenvalue weighted by atomic mass is 9.85. The van der Waals surface area contributed by atoms with E-state index in [0.29, 0.717) is 13.1 Å². The highest BCUT2D eigenvalue weighted by atomic mass is 16.2. The van der Waals surface area contributed by atoms with Gasteiger partial charge < -0.3 is 15.6 Å². The van der Waals surface area contributed by atoms with E-state index in [9.17, 15) is 9.59 Å². The third-order valence-corrected chi connectivity index (χ3v) is 4.83. The Morgan fingerprint density at radius 2 is 1.88 bits per heavy atom. The second-order valence-electron chi connectivity index (χ2n) is 6.82. The molecule has 2 atom stereocenters. The van der Waals surface area contributed by atoms with Crippen molar-refractivity contribution >= 4 is 5.91 Å². The van der Waals surface area contributed by atoms with Gasteiger partial charge in [-0.05, 0) is 36.5 Å². The molecule has 1 heterocycles. The number of rotatable bonds is 5. The summed E-state index contributed by atoms with van der Waals surface area (Å²) in [6.07, 6.45) is 5.56.